The normalized spacial score (nSPS) is 10.8. The molecule has 1 heterocycles. The zero-order valence-corrected chi connectivity index (χ0v) is 10.7. The van der Waals surface area contributed by atoms with Crippen LogP contribution in [0.5, 0.6) is 5.75 Å². The Labute approximate surface area is 112 Å². The number of aromatic nitrogens is 1. The second-order valence-electron chi connectivity index (χ2n) is 4.12. The number of methoxy groups -OCH3 is 1. The Balaban J connectivity index is 2.62. The first kappa shape index (κ1) is 14.0. The molecule has 0 radical (unpaired) electrons. The Bertz CT molecular complexity index is 652. The van der Waals surface area contributed by atoms with Gasteiger partial charge >= 0.3 is 5.97 Å². The Morgan fingerprint density at radius 3 is 2.60 bits per heavy atom. The van der Waals surface area contributed by atoms with E-state index in [2.05, 4.69) is 5.16 Å². The number of aryl methyl sites for hydroxylation is 1. The van der Waals surface area contributed by atoms with E-state index in [0.717, 1.165) is 6.07 Å². The summed E-state index contributed by atoms with van der Waals surface area (Å²) in [6, 6.07) is 4.03. The monoisotopic (exact) mass is 283 g/mol. The average molecular weight is 283 g/mol. The van der Waals surface area contributed by atoms with Gasteiger partial charge in [-0.1, -0.05) is 5.16 Å². The molecule has 0 unspecified atom stereocenters. The molecule has 2 rings (SSSR count). The molecular formula is C13H11F2NO4. The zero-order valence-electron chi connectivity index (χ0n) is 10.7. The lowest BCUT2D eigenvalue weighted by atomic mass is 10.0. The number of nitrogens with zero attached hydrogens (tertiary/aromatic N) is 1. The van der Waals surface area contributed by atoms with E-state index in [-0.39, 0.29) is 28.3 Å². The molecule has 1 aromatic carbocycles. The number of aromatic carboxylic acids is 1. The molecule has 0 spiro atoms. The lowest BCUT2D eigenvalue weighted by Crippen LogP contribution is -1.97. The van der Waals surface area contributed by atoms with Gasteiger partial charge < -0.3 is 14.4 Å². The lowest BCUT2D eigenvalue weighted by molar-refractivity contribution is 0.0685. The van der Waals surface area contributed by atoms with Gasteiger partial charge in [0.15, 0.2) is 11.5 Å². The molecule has 0 saturated carbocycles. The zero-order chi connectivity index (χ0) is 14.9. The molecule has 0 amide bonds. The predicted octanol–water partition coefficient (Wildman–Crippen LogP) is 3.29. The maximum Gasteiger partial charge on any atom is 0.358 e. The number of hydrogen-bond donors (Lipinski definition) is 1. The highest BCUT2D eigenvalue weighted by Gasteiger charge is 2.22. The number of alkyl halides is 2. The molecule has 0 fully saturated rings. The van der Waals surface area contributed by atoms with Crippen molar-refractivity contribution in [1.82, 2.24) is 5.16 Å². The molecule has 1 N–H and O–H groups in total. The molecule has 106 valence electrons. The summed E-state index contributed by atoms with van der Waals surface area (Å²) in [6.45, 7) is 1.64. The van der Waals surface area contributed by atoms with Gasteiger partial charge in [-0.2, -0.15) is 0 Å². The molecule has 0 bridgehead atoms. The molecule has 0 aliphatic carbocycles. The van der Waals surface area contributed by atoms with Crippen LogP contribution in [-0.2, 0) is 0 Å². The maximum atomic E-state index is 13.0. The topological polar surface area (TPSA) is 72.6 Å². The third-order valence-electron chi connectivity index (χ3n) is 2.70. The van der Waals surface area contributed by atoms with Gasteiger partial charge in [-0.3, -0.25) is 0 Å². The fourth-order valence-electron chi connectivity index (χ4n) is 1.88. The molecule has 1 aromatic heterocycles. The van der Waals surface area contributed by atoms with E-state index in [1.807, 2.05) is 0 Å². The molecule has 0 atom stereocenters. The van der Waals surface area contributed by atoms with Crippen LogP contribution < -0.4 is 4.74 Å². The molecule has 0 aliphatic rings. The van der Waals surface area contributed by atoms with Crippen LogP contribution in [0.25, 0.3) is 11.3 Å². The van der Waals surface area contributed by atoms with Crippen LogP contribution in [-0.4, -0.2) is 23.3 Å². The second kappa shape index (κ2) is 5.28. The van der Waals surface area contributed by atoms with Crippen molar-refractivity contribution < 1.29 is 27.9 Å². The van der Waals surface area contributed by atoms with Gasteiger partial charge in [-0.05, 0) is 24.6 Å². The number of carboxylic acid groups (broad SMARTS) is 1. The van der Waals surface area contributed by atoms with Crippen molar-refractivity contribution in [2.24, 2.45) is 0 Å². The van der Waals surface area contributed by atoms with Crippen LogP contribution >= 0.6 is 0 Å². The Kier molecular flexibility index (Phi) is 3.69. The SMILES string of the molecule is COc1c(-c2cc(C(=O)O)no2)cc(C)cc1C(F)F. The molecule has 0 aliphatic heterocycles. The lowest BCUT2D eigenvalue weighted by Gasteiger charge is -2.12. The van der Waals surface area contributed by atoms with Gasteiger partial charge in [0.2, 0.25) is 0 Å². The number of hydrogen-bond acceptors (Lipinski definition) is 4. The summed E-state index contributed by atoms with van der Waals surface area (Å²) >= 11 is 0. The second-order valence-corrected chi connectivity index (χ2v) is 4.12. The molecule has 5 nitrogen and oxygen atoms in total. The third-order valence-corrected chi connectivity index (χ3v) is 2.70. The number of benzene rings is 1. The fourth-order valence-corrected chi connectivity index (χ4v) is 1.88. The molecule has 20 heavy (non-hydrogen) atoms. The highest BCUT2D eigenvalue weighted by atomic mass is 19.3. The quantitative estimate of drug-likeness (QED) is 0.932. The van der Waals surface area contributed by atoms with Crippen LogP contribution in [0.1, 0.15) is 28.0 Å². The first-order chi connectivity index (χ1) is 9.43. The van der Waals surface area contributed by atoms with E-state index in [9.17, 15) is 13.6 Å². The van der Waals surface area contributed by atoms with Crippen molar-refractivity contribution in [3.63, 3.8) is 0 Å². The van der Waals surface area contributed by atoms with Gasteiger partial charge in [0.25, 0.3) is 6.43 Å². The fraction of sp³-hybridized carbons (Fsp3) is 0.231. The third kappa shape index (κ3) is 2.47. The van der Waals surface area contributed by atoms with Crippen LogP contribution in [0.4, 0.5) is 8.78 Å². The van der Waals surface area contributed by atoms with Crippen LogP contribution in [0, 0.1) is 6.92 Å². The van der Waals surface area contributed by atoms with Crippen molar-refractivity contribution in [1.29, 1.82) is 0 Å². The standard InChI is InChI=1S/C13H11F2NO4/c1-6-3-7(10-5-9(13(17)18)16-20-10)11(19-2)8(4-6)12(14)15/h3-5,12H,1-2H3,(H,17,18). The minimum Gasteiger partial charge on any atom is -0.495 e. The van der Waals surface area contributed by atoms with Crippen molar-refractivity contribution in [3.8, 4) is 17.1 Å². The van der Waals surface area contributed by atoms with Crippen LogP contribution in [0.2, 0.25) is 0 Å². The predicted molar refractivity (Wildman–Crippen MR) is 65.1 cm³/mol. The van der Waals surface area contributed by atoms with Gasteiger partial charge in [-0.25, -0.2) is 13.6 Å². The molecule has 2 aromatic rings. The van der Waals surface area contributed by atoms with E-state index in [1.54, 1.807) is 13.0 Å². The number of carbonyl (C=O) groups is 1. The summed E-state index contributed by atoms with van der Waals surface area (Å²) < 4.78 is 35.9. The van der Waals surface area contributed by atoms with E-state index in [0.29, 0.717) is 5.56 Å². The van der Waals surface area contributed by atoms with Gasteiger partial charge in [-0.15, -0.1) is 0 Å². The Hall–Kier alpha value is -2.44. The smallest absolute Gasteiger partial charge is 0.358 e. The summed E-state index contributed by atoms with van der Waals surface area (Å²) in [5, 5.41) is 12.1. The van der Waals surface area contributed by atoms with E-state index < -0.39 is 12.4 Å². The first-order valence-corrected chi connectivity index (χ1v) is 5.61. The van der Waals surface area contributed by atoms with E-state index in [1.165, 1.54) is 13.2 Å². The summed E-state index contributed by atoms with van der Waals surface area (Å²) in [5.74, 6) is -1.26. The van der Waals surface area contributed by atoms with Crippen molar-refractivity contribution in [3.05, 3.63) is 35.0 Å². The minimum atomic E-state index is -2.72. The number of halogens is 2. The van der Waals surface area contributed by atoms with Crippen LogP contribution in [0.15, 0.2) is 22.7 Å². The minimum absolute atomic E-state index is 0.0568. The molecular weight excluding hydrogens is 272 g/mol. The Morgan fingerprint density at radius 2 is 2.10 bits per heavy atom. The van der Waals surface area contributed by atoms with Crippen molar-refractivity contribution in [2.75, 3.05) is 7.11 Å². The number of ether oxygens (including phenoxy) is 1. The van der Waals surface area contributed by atoms with Gasteiger partial charge in [0, 0.05) is 6.07 Å². The number of carboxylic acids is 1. The van der Waals surface area contributed by atoms with Crippen molar-refractivity contribution >= 4 is 5.97 Å². The van der Waals surface area contributed by atoms with E-state index in [4.69, 9.17) is 14.4 Å². The number of rotatable bonds is 4. The summed E-state index contributed by atoms with van der Waals surface area (Å²) in [5.41, 5.74) is 0.227. The summed E-state index contributed by atoms with van der Waals surface area (Å²) in [4.78, 5) is 10.8. The highest BCUT2D eigenvalue weighted by Crippen LogP contribution is 2.39. The summed E-state index contributed by atoms with van der Waals surface area (Å²) in [6.07, 6.45) is -2.72. The van der Waals surface area contributed by atoms with Crippen LogP contribution in [0.3, 0.4) is 0 Å². The largest absolute Gasteiger partial charge is 0.495 e. The van der Waals surface area contributed by atoms with Crippen molar-refractivity contribution in [2.45, 2.75) is 13.3 Å². The molecule has 7 heteroatoms. The maximum absolute atomic E-state index is 13.0. The average Bonchev–Trinajstić information content (AvgIpc) is 2.87. The highest BCUT2D eigenvalue weighted by molar-refractivity contribution is 5.87. The van der Waals surface area contributed by atoms with Gasteiger partial charge in [0.1, 0.15) is 5.75 Å². The van der Waals surface area contributed by atoms with Gasteiger partial charge in [0.05, 0.1) is 18.2 Å². The van der Waals surface area contributed by atoms with E-state index >= 15 is 0 Å². The Morgan fingerprint density at radius 1 is 1.40 bits per heavy atom. The summed E-state index contributed by atoms with van der Waals surface area (Å²) in [7, 11) is 1.26. The molecule has 0 saturated heterocycles. The first-order valence-electron chi connectivity index (χ1n) is 5.61.